The van der Waals surface area contributed by atoms with Crippen molar-refractivity contribution in [2.75, 3.05) is 17.2 Å². The summed E-state index contributed by atoms with van der Waals surface area (Å²) in [6.45, 7) is 2.38. The number of hydrogen-bond donors (Lipinski definition) is 2. The number of nitrogens with zero attached hydrogens (tertiary/aromatic N) is 1. The minimum Gasteiger partial charge on any atom is -0.379 e. The average Bonchev–Trinajstić information content (AvgIpc) is 2.54. The maximum atomic E-state index is 11.9. The number of hydrogen-bond acceptors (Lipinski definition) is 4. The number of anilines is 2. The first kappa shape index (κ1) is 17.7. The number of halogens is 1. The first-order valence-corrected chi connectivity index (χ1v) is 7.88. The highest BCUT2D eigenvalue weighted by atomic mass is 35.5. The van der Waals surface area contributed by atoms with E-state index in [2.05, 4.69) is 10.6 Å². The van der Waals surface area contributed by atoms with Gasteiger partial charge in [0.25, 0.3) is 5.69 Å². The van der Waals surface area contributed by atoms with Crippen molar-refractivity contribution in [3.05, 3.63) is 63.2 Å². The Kier molecular flexibility index (Phi) is 6.14. The minimum atomic E-state index is -0.436. The SMILES string of the molecule is Cc1ccc(NC(=O)CCCNc2ccccc2[N+](=O)[O-])c(Cl)c1. The second kappa shape index (κ2) is 8.31. The van der Waals surface area contributed by atoms with Crippen LogP contribution in [0.4, 0.5) is 17.1 Å². The molecule has 0 saturated heterocycles. The second-order valence-electron chi connectivity index (χ2n) is 5.34. The van der Waals surface area contributed by atoms with Gasteiger partial charge in [-0.25, -0.2) is 0 Å². The molecule has 2 aromatic rings. The van der Waals surface area contributed by atoms with Crippen molar-refractivity contribution in [3.63, 3.8) is 0 Å². The Labute approximate surface area is 145 Å². The molecule has 2 aromatic carbocycles. The quantitative estimate of drug-likeness (QED) is 0.442. The number of amides is 1. The summed E-state index contributed by atoms with van der Waals surface area (Å²) in [5.41, 5.74) is 2.07. The molecule has 0 radical (unpaired) electrons. The molecule has 0 saturated carbocycles. The van der Waals surface area contributed by atoms with Crippen molar-refractivity contribution in [1.29, 1.82) is 0 Å². The summed E-state index contributed by atoms with van der Waals surface area (Å²) in [6, 6.07) is 11.8. The van der Waals surface area contributed by atoms with Crippen LogP contribution in [0.1, 0.15) is 18.4 Å². The summed E-state index contributed by atoms with van der Waals surface area (Å²) >= 11 is 6.07. The molecule has 0 unspecified atom stereocenters. The number of nitrogens with one attached hydrogen (secondary N) is 2. The summed E-state index contributed by atoms with van der Waals surface area (Å²) in [6.07, 6.45) is 0.833. The molecular formula is C17H18ClN3O3. The van der Waals surface area contributed by atoms with Gasteiger partial charge in [0.05, 0.1) is 15.6 Å². The smallest absolute Gasteiger partial charge is 0.292 e. The zero-order valence-corrected chi connectivity index (χ0v) is 14.0. The Balaban J connectivity index is 1.80. The van der Waals surface area contributed by atoms with Gasteiger partial charge in [0.1, 0.15) is 5.69 Å². The van der Waals surface area contributed by atoms with E-state index in [9.17, 15) is 14.9 Å². The van der Waals surface area contributed by atoms with E-state index in [1.165, 1.54) is 6.07 Å². The highest BCUT2D eigenvalue weighted by Gasteiger charge is 2.11. The van der Waals surface area contributed by atoms with Gasteiger partial charge in [-0.2, -0.15) is 0 Å². The maximum Gasteiger partial charge on any atom is 0.292 e. The lowest BCUT2D eigenvalue weighted by molar-refractivity contribution is -0.384. The molecule has 0 fully saturated rings. The van der Waals surface area contributed by atoms with Crippen LogP contribution < -0.4 is 10.6 Å². The molecule has 0 aliphatic carbocycles. The number of nitro benzene ring substituents is 1. The van der Waals surface area contributed by atoms with Gasteiger partial charge in [0.15, 0.2) is 0 Å². The highest BCUT2D eigenvalue weighted by Crippen LogP contribution is 2.24. The molecule has 0 heterocycles. The Morgan fingerprint density at radius 3 is 2.67 bits per heavy atom. The summed E-state index contributed by atoms with van der Waals surface area (Å²) in [5.74, 6) is -0.148. The van der Waals surface area contributed by atoms with E-state index in [1.807, 2.05) is 13.0 Å². The molecule has 2 N–H and O–H groups in total. The molecular weight excluding hydrogens is 330 g/mol. The fourth-order valence-electron chi connectivity index (χ4n) is 2.19. The molecule has 0 aliphatic rings. The third-order valence-corrected chi connectivity index (χ3v) is 3.71. The molecule has 7 heteroatoms. The lowest BCUT2D eigenvalue weighted by atomic mass is 10.2. The van der Waals surface area contributed by atoms with Crippen LogP contribution in [0.5, 0.6) is 0 Å². The van der Waals surface area contributed by atoms with Crippen LogP contribution in [0.3, 0.4) is 0 Å². The van der Waals surface area contributed by atoms with Gasteiger partial charge in [0, 0.05) is 19.0 Å². The number of para-hydroxylation sites is 2. The third kappa shape index (κ3) is 4.96. The number of nitro groups is 1. The maximum absolute atomic E-state index is 11.9. The molecule has 0 spiro atoms. The predicted molar refractivity (Wildman–Crippen MR) is 95.6 cm³/mol. The van der Waals surface area contributed by atoms with Crippen LogP contribution in [0, 0.1) is 17.0 Å². The van der Waals surface area contributed by atoms with E-state index in [-0.39, 0.29) is 18.0 Å². The van der Waals surface area contributed by atoms with Crippen LogP contribution in [0.2, 0.25) is 5.02 Å². The fraction of sp³-hybridized carbons (Fsp3) is 0.235. The van der Waals surface area contributed by atoms with Gasteiger partial charge in [0.2, 0.25) is 5.91 Å². The zero-order valence-electron chi connectivity index (χ0n) is 13.2. The van der Waals surface area contributed by atoms with Gasteiger partial charge in [-0.1, -0.05) is 29.8 Å². The van der Waals surface area contributed by atoms with Gasteiger partial charge < -0.3 is 10.6 Å². The van der Waals surface area contributed by atoms with Crippen LogP contribution in [-0.2, 0) is 4.79 Å². The minimum absolute atomic E-state index is 0.0217. The van der Waals surface area contributed by atoms with Crippen molar-refractivity contribution in [2.24, 2.45) is 0 Å². The summed E-state index contributed by atoms with van der Waals surface area (Å²) < 4.78 is 0. The molecule has 24 heavy (non-hydrogen) atoms. The van der Waals surface area contributed by atoms with Crippen molar-refractivity contribution >= 4 is 34.6 Å². The lowest BCUT2D eigenvalue weighted by Crippen LogP contribution is -2.14. The van der Waals surface area contributed by atoms with Crippen LogP contribution >= 0.6 is 11.6 Å². The van der Waals surface area contributed by atoms with Crippen molar-refractivity contribution in [2.45, 2.75) is 19.8 Å². The third-order valence-electron chi connectivity index (χ3n) is 3.40. The second-order valence-corrected chi connectivity index (χ2v) is 5.74. The zero-order chi connectivity index (χ0) is 17.5. The van der Waals surface area contributed by atoms with E-state index in [1.54, 1.807) is 30.3 Å². The summed E-state index contributed by atoms with van der Waals surface area (Å²) in [4.78, 5) is 22.4. The van der Waals surface area contributed by atoms with E-state index in [0.29, 0.717) is 29.4 Å². The van der Waals surface area contributed by atoms with E-state index in [0.717, 1.165) is 5.56 Å². The fourth-order valence-corrected chi connectivity index (χ4v) is 2.47. The van der Waals surface area contributed by atoms with Crippen molar-refractivity contribution in [3.8, 4) is 0 Å². The summed E-state index contributed by atoms with van der Waals surface area (Å²) in [7, 11) is 0. The molecule has 126 valence electrons. The van der Waals surface area contributed by atoms with Crippen LogP contribution in [0.25, 0.3) is 0 Å². The van der Waals surface area contributed by atoms with Gasteiger partial charge >= 0.3 is 0 Å². The Morgan fingerprint density at radius 2 is 1.96 bits per heavy atom. The summed E-state index contributed by atoms with van der Waals surface area (Å²) in [5, 5.41) is 17.2. The van der Waals surface area contributed by atoms with E-state index in [4.69, 9.17) is 11.6 Å². The predicted octanol–water partition coefficient (Wildman–Crippen LogP) is 4.39. The van der Waals surface area contributed by atoms with Gasteiger partial charge in [-0.05, 0) is 37.1 Å². The molecule has 1 amide bonds. The van der Waals surface area contributed by atoms with Crippen molar-refractivity contribution < 1.29 is 9.72 Å². The molecule has 0 atom stereocenters. The molecule has 0 aromatic heterocycles. The van der Waals surface area contributed by atoms with Gasteiger partial charge in [-0.3, -0.25) is 14.9 Å². The van der Waals surface area contributed by atoms with Crippen LogP contribution in [0.15, 0.2) is 42.5 Å². The molecule has 2 rings (SSSR count). The number of rotatable bonds is 7. The van der Waals surface area contributed by atoms with Crippen molar-refractivity contribution in [1.82, 2.24) is 0 Å². The first-order chi connectivity index (χ1) is 11.5. The highest BCUT2D eigenvalue weighted by molar-refractivity contribution is 6.33. The normalized spacial score (nSPS) is 10.2. The number of carbonyl (C=O) groups is 1. The largest absolute Gasteiger partial charge is 0.379 e. The number of benzene rings is 2. The number of aryl methyl sites for hydroxylation is 1. The topological polar surface area (TPSA) is 84.3 Å². The van der Waals surface area contributed by atoms with Gasteiger partial charge in [-0.15, -0.1) is 0 Å². The Hall–Kier alpha value is -2.60. The van der Waals surface area contributed by atoms with Crippen LogP contribution in [-0.4, -0.2) is 17.4 Å². The standard InChI is InChI=1S/C17H18ClN3O3/c1-12-8-9-14(13(18)11-12)20-17(22)7-4-10-19-15-5-2-3-6-16(15)21(23)24/h2-3,5-6,8-9,11,19H,4,7,10H2,1H3,(H,20,22). The monoisotopic (exact) mass is 347 g/mol. The number of carbonyl (C=O) groups excluding carboxylic acids is 1. The molecule has 6 nitrogen and oxygen atoms in total. The first-order valence-electron chi connectivity index (χ1n) is 7.50. The van der Waals surface area contributed by atoms with E-state index >= 15 is 0 Å². The Morgan fingerprint density at radius 1 is 1.21 bits per heavy atom. The van der Waals surface area contributed by atoms with E-state index < -0.39 is 4.92 Å². The molecule has 0 aliphatic heterocycles. The lowest BCUT2D eigenvalue weighted by Gasteiger charge is -2.09. The average molecular weight is 348 g/mol. The Bertz CT molecular complexity index is 750. The molecule has 0 bridgehead atoms.